The lowest BCUT2D eigenvalue weighted by molar-refractivity contribution is 0.851. The Morgan fingerprint density at radius 3 is 1.75 bits per heavy atom. The summed E-state index contributed by atoms with van der Waals surface area (Å²) in [5.41, 5.74) is 0. The molecule has 0 atom stereocenters. The van der Waals surface area contributed by atoms with Gasteiger partial charge in [-0.25, -0.2) is 0 Å². The average molecular weight is 186 g/mol. The molecule has 0 radical (unpaired) electrons. The van der Waals surface area contributed by atoms with Gasteiger partial charge in [-0.1, -0.05) is 6.92 Å². The van der Waals surface area contributed by atoms with Gasteiger partial charge in [-0.3, -0.25) is 0 Å². The van der Waals surface area contributed by atoms with Crippen LogP contribution in [0.4, 0.5) is 0 Å². The Morgan fingerprint density at radius 2 is 1.75 bits per heavy atom. The molecule has 0 bridgehead atoms. The summed E-state index contributed by atoms with van der Waals surface area (Å²) in [5.74, 6) is 0. The van der Waals surface area contributed by atoms with Gasteiger partial charge in [0.15, 0.2) is 0 Å². The molecule has 50 valence electrons. The van der Waals surface area contributed by atoms with Gasteiger partial charge in [0, 0.05) is 0 Å². The molecule has 0 aromatic carbocycles. The molecule has 0 N–H and O–H groups in total. The molecule has 0 spiro atoms. The van der Waals surface area contributed by atoms with Gasteiger partial charge in [0.2, 0.25) is 0 Å². The van der Waals surface area contributed by atoms with Crippen LogP contribution in [-0.4, -0.2) is 8.66 Å². The smallest absolute Gasteiger partial charge is 0.0753 e. The summed E-state index contributed by atoms with van der Waals surface area (Å²) in [7, 11) is 0. The van der Waals surface area contributed by atoms with Crippen molar-refractivity contribution >= 4 is 50.5 Å². The molecule has 0 nitrogen and oxygen atoms in total. The van der Waals surface area contributed by atoms with Crippen LogP contribution >= 0.6 is 50.5 Å². The second-order valence-corrected chi connectivity index (χ2v) is 4.99. The van der Waals surface area contributed by atoms with Gasteiger partial charge in [0.05, 0.1) is 8.66 Å². The van der Waals surface area contributed by atoms with Gasteiger partial charge in [-0.2, -0.15) is 50.5 Å². The molecule has 0 aliphatic carbocycles. The van der Waals surface area contributed by atoms with Crippen molar-refractivity contribution in [1.29, 1.82) is 0 Å². The molecule has 0 heterocycles. The summed E-state index contributed by atoms with van der Waals surface area (Å²) in [6.45, 7) is 2.00. The number of rotatable bonds is 2. The van der Waals surface area contributed by atoms with Crippen LogP contribution in [0.2, 0.25) is 0 Å². The van der Waals surface area contributed by atoms with E-state index in [9.17, 15) is 0 Å². The van der Waals surface area contributed by atoms with Crippen LogP contribution in [-0.2, 0) is 0 Å². The highest BCUT2D eigenvalue weighted by molar-refractivity contribution is 8.07. The minimum absolute atomic E-state index is 0.0702. The maximum Gasteiger partial charge on any atom is 0.0753 e. The van der Waals surface area contributed by atoms with E-state index >= 15 is 0 Å². The lowest BCUT2D eigenvalue weighted by Gasteiger charge is -2.22. The summed E-state index contributed by atoms with van der Waals surface area (Å²) in [6.07, 6.45) is 0.858. The van der Waals surface area contributed by atoms with Crippen molar-refractivity contribution in [2.24, 2.45) is 0 Å². The summed E-state index contributed by atoms with van der Waals surface area (Å²) in [6, 6.07) is 0. The molecule has 0 amide bonds. The van der Waals surface area contributed by atoms with Gasteiger partial charge >= 0.3 is 0 Å². The molecule has 0 saturated heterocycles. The van der Waals surface area contributed by atoms with Crippen LogP contribution in [0.3, 0.4) is 0 Å². The minimum atomic E-state index is -0.341. The van der Waals surface area contributed by atoms with Crippen LogP contribution in [0.15, 0.2) is 0 Å². The Kier molecular flexibility index (Phi) is 4.16. The van der Waals surface area contributed by atoms with E-state index in [0.717, 1.165) is 6.42 Å². The predicted octanol–water partition coefficient (Wildman–Crippen LogP) is 2.14. The Morgan fingerprint density at radius 1 is 1.38 bits per heavy atom. The van der Waals surface area contributed by atoms with Gasteiger partial charge in [0.25, 0.3) is 0 Å². The topological polar surface area (TPSA) is 0 Å². The molecule has 4 heteroatoms. The molecule has 0 unspecified atom stereocenters. The second kappa shape index (κ2) is 3.54. The van der Waals surface area contributed by atoms with E-state index in [2.05, 4.69) is 50.5 Å². The Bertz CT molecular complexity index is 68.4. The zero-order chi connectivity index (χ0) is 6.78. The van der Waals surface area contributed by atoms with Crippen molar-refractivity contribution in [2.75, 3.05) is 0 Å². The predicted molar refractivity (Wildman–Crippen MR) is 52.8 cm³/mol. The zero-order valence-electron chi connectivity index (χ0n) is 4.57. The molecule has 0 aliphatic rings. The fraction of sp³-hybridized carbons (Fsp3) is 1.00. The van der Waals surface area contributed by atoms with Crippen molar-refractivity contribution in [3.8, 4) is 0 Å². The number of hydrogen-bond donors (Lipinski definition) is 4. The van der Waals surface area contributed by atoms with Gasteiger partial charge in [0.1, 0.15) is 0 Å². The standard InChI is InChI=1S/C4H10S4/c1-2-4(7,8)3(5)6/h3,5-8H,2H2,1H3. The molecule has 0 saturated carbocycles. The van der Waals surface area contributed by atoms with E-state index in [0.29, 0.717) is 0 Å². The first-order valence-electron chi connectivity index (χ1n) is 2.31. The molecule has 0 aromatic rings. The summed E-state index contributed by atoms with van der Waals surface area (Å²) in [5, 5.41) is 0. The lowest BCUT2D eigenvalue weighted by Crippen LogP contribution is -2.20. The van der Waals surface area contributed by atoms with Crippen molar-refractivity contribution in [1.82, 2.24) is 0 Å². The minimum Gasteiger partial charge on any atom is -0.163 e. The first kappa shape index (κ1) is 9.40. The molecular weight excluding hydrogens is 176 g/mol. The first-order chi connectivity index (χ1) is 3.50. The van der Waals surface area contributed by atoms with Crippen molar-refractivity contribution in [2.45, 2.75) is 22.0 Å². The van der Waals surface area contributed by atoms with Crippen LogP contribution in [0.25, 0.3) is 0 Å². The van der Waals surface area contributed by atoms with Crippen molar-refractivity contribution in [3.05, 3.63) is 0 Å². The molecule has 0 fully saturated rings. The maximum absolute atomic E-state index is 4.19. The fourth-order valence-electron chi connectivity index (χ4n) is 0.183. The van der Waals surface area contributed by atoms with Crippen LogP contribution in [0, 0.1) is 0 Å². The number of hydrogen-bond acceptors (Lipinski definition) is 4. The van der Waals surface area contributed by atoms with Gasteiger partial charge in [-0.05, 0) is 6.42 Å². The molecular formula is C4H10S4. The normalized spacial score (nSPS) is 12.8. The molecule has 0 rings (SSSR count). The van der Waals surface area contributed by atoms with E-state index in [4.69, 9.17) is 0 Å². The number of thiol groups is 4. The van der Waals surface area contributed by atoms with Gasteiger partial charge in [-0.15, -0.1) is 0 Å². The highest BCUT2D eigenvalue weighted by atomic mass is 32.2. The molecule has 0 aliphatic heterocycles. The summed E-state index contributed by atoms with van der Waals surface area (Å²) >= 11 is 16.5. The van der Waals surface area contributed by atoms with Gasteiger partial charge < -0.3 is 0 Å². The zero-order valence-corrected chi connectivity index (χ0v) is 8.15. The van der Waals surface area contributed by atoms with Crippen LogP contribution in [0.1, 0.15) is 13.3 Å². The van der Waals surface area contributed by atoms with E-state index in [1.165, 1.54) is 0 Å². The quantitative estimate of drug-likeness (QED) is 0.369. The van der Waals surface area contributed by atoms with E-state index in [1.807, 2.05) is 6.92 Å². The van der Waals surface area contributed by atoms with Crippen molar-refractivity contribution < 1.29 is 0 Å². The van der Waals surface area contributed by atoms with Crippen LogP contribution < -0.4 is 0 Å². The largest absolute Gasteiger partial charge is 0.163 e. The Hall–Kier alpha value is 1.40. The monoisotopic (exact) mass is 186 g/mol. The van der Waals surface area contributed by atoms with E-state index in [-0.39, 0.29) is 8.66 Å². The highest BCUT2D eigenvalue weighted by Gasteiger charge is 2.23. The Balaban J connectivity index is 3.71. The lowest BCUT2D eigenvalue weighted by atomic mass is 10.3. The van der Waals surface area contributed by atoms with Crippen molar-refractivity contribution in [3.63, 3.8) is 0 Å². The third-order valence-electron chi connectivity index (χ3n) is 0.934. The highest BCUT2D eigenvalue weighted by Crippen LogP contribution is 2.33. The third-order valence-corrected chi connectivity index (χ3v) is 3.78. The fourth-order valence-corrected chi connectivity index (χ4v) is 0.548. The maximum atomic E-state index is 4.19. The first-order valence-corrected chi connectivity index (χ1v) is 4.24. The SMILES string of the molecule is CCC(S)(S)C(S)S. The average Bonchev–Trinajstić information content (AvgIpc) is 1.67. The van der Waals surface area contributed by atoms with E-state index < -0.39 is 0 Å². The third kappa shape index (κ3) is 2.80. The van der Waals surface area contributed by atoms with Crippen LogP contribution in [0.5, 0.6) is 0 Å². The van der Waals surface area contributed by atoms with E-state index in [1.54, 1.807) is 0 Å². The second-order valence-electron chi connectivity index (χ2n) is 1.61. The summed E-state index contributed by atoms with van der Waals surface area (Å²) in [4.78, 5) is 0. The molecule has 0 aromatic heterocycles. The summed E-state index contributed by atoms with van der Waals surface area (Å²) < 4.78 is -0.411. The molecule has 8 heavy (non-hydrogen) atoms. The Labute approximate surface area is 72.5 Å².